The van der Waals surface area contributed by atoms with E-state index in [1.807, 2.05) is 0 Å². The van der Waals surface area contributed by atoms with Gasteiger partial charge >= 0.3 is 11.9 Å². The molecule has 0 heterocycles. The average Bonchev–Trinajstić information content (AvgIpc) is 2.33. The van der Waals surface area contributed by atoms with Crippen molar-refractivity contribution in [1.82, 2.24) is 0 Å². The number of hydrogen-bond donors (Lipinski definition) is 2. The van der Waals surface area contributed by atoms with Crippen molar-refractivity contribution in [3.63, 3.8) is 0 Å². The number of ketones is 2. The van der Waals surface area contributed by atoms with Crippen LogP contribution in [0.1, 0.15) is 33.6 Å². The number of Topliss-reactive ketones (excluding diaryl/α,β-unsaturated/α-hetero) is 2. The van der Waals surface area contributed by atoms with E-state index in [0.717, 1.165) is 0 Å². The van der Waals surface area contributed by atoms with Crippen LogP contribution in [0, 0.1) is 23.7 Å². The Bertz CT molecular complexity index is 504. The van der Waals surface area contributed by atoms with Crippen molar-refractivity contribution in [3.8, 4) is 0 Å². The van der Waals surface area contributed by atoms with Crippen LogP contribution >= 0.6 is 0 Å². The van der Waals surface area contributed by atoms with Crippen molar-refractivity contribution in [1.29, 1.82) is 0 Å². The standard InChI is InChI=1S/C15H20O6/c1-7-4-10(12(14(18)19)5-8(2)16)6-11(9(3)17)13(7)15(20)21/h4,10-13H,5-6H2,1-3H3,(H,18,19)(H,20,21). The molecule has 0 amide bonds. The maximum Gasteiger partial charge on any atom is 0.311 e. The Labute approximate surface area is 122 Å². The van der Waals surface area contributed by atoms with Crippen LogP contribution < -0.4 is 0 Å². The fourth-order valence-corrected chi connectivity index (χ4v) is 3.04. The van der Waals surface area contributed by atoms with Gasteiger partial charge in [-0.25, -0.2) is 0 Å². The first-order valence-electron chi connectivity index (χ1n) is 6.79. The van der Waals surface area contributed by atoms with E-state index in [-0.39, 0.29) is 24.4 Å². The number of allylic oxidation sites excluding steroid dienone is 1. The van der Waals surface area contributed by atoms with E-state index in [4.69, 9.17) is 0 Å². The first-order chi connectivity index (χ1) is 9.65. The molecule has 6 nitrogen and oxygen atoms in total. The van der Waals surface area contributed by atoms with Gasteiger partial charge in [-0.05, 0) is 33.1 Å². The predicted molar refractivity (Wildman–Crippen MR) is 73.6 cm³/mol. The van der Waals surface area contributed by atoms with E-state index in [9.17, 15) is 29.4 Å². The van der Waals surface area contributed by atoms with Gasteiger partial charge in [0.25, 0.3) is 0 Å². The Kier molecular flexibility index (Phi) is 5.41. The van der Waals surface area contributed by atoms with Gasteiger partial charge in [-0.2, -0.15) is 0 Å². The number of aliphatic carboxylic acids is 2. The molecule has 21 heavy (non-hydrogen) atoms. The molecule has 0 bridgehead atoms. The topological polar surface area (TPSA) is 109 Å². The minimum Gasteiger partial charge on any atom is -0.481 e. The van der Waals surface area contributed by atoms with Crippen LogP contribution in [0.2, 0.25) is 0 Å². The van der Waals surface area contributed by atoms with Crippen LogP contribution in [0.25, 0.3) is 0 Å². The molecular formula is C15H20O6. The van der Waals surface area contributed by atoms with Crippen molar-refractivity contribution in [3.05, 3.63) is 11.6 Å². The summed E-state index contributed by atoms with van der Waals surface area (Å²) in [5.74, 6) is -5.78. The molecule has 0 saturated heterocycles. The van der Waals surface area contributed by atoms with Gasteiger partial charge in [0.2, 0.25) is 0 Å². The highest BCUT2D eigenvalue weighted by Crippen LogP contribution is 2.38. The lowest BCUT2D eigenvalue weighted by Gasteiger charge is -2.33. The van der Waals surface area contributed by atoms with Crippen molar-refractivity contribution in [2.45, 2.75) is 33.6 Å². The highest BCUT2D eigenvalue weighted by Gasteiger charge is 2.41. The van der Waals surface area contributed by atoms with Crippen LogP contribution in [-0.2, 0) is 19.2 Å². The summed E-state index contributed by atoms with van der Waals surface area (Å²) in [7, 11) is 0. The zero-order chi connectivity index (χ0) is 16.3. The number of carbonyl (C=O) groups excluding carboxylic acids is 2. The van der Waals surface area contributed by atoms with Crippen molar-refractivity contribution >= 4 is 23.5 Å². The lowest BCUT2D eigenvalue weighted by molar-refractivity contribution is -0.147. The molecule has 0 aromatic heterocycles. The third-order valence-electron chi connectivity index (χ3n) is 4.03. The highest BCUT2D eigenvalue weighted by atomic mass is 16.4. The Balaban J connectivity index is 3.15. The van der Waals surface area contributed by atoms with Gasteiger partial charge in [-0.3, -0.25) is 14.4 Å². The molecule has 0 radical (unpaired) electrons. The molecule has 2 N–H and O–H groups in total. The number of rotatable bonds is 6. The lowest BCUT2D eigenvalue weighted by atomic mass is 9.69. The van der Waals surface area contributed by atoms with Crippen LogP contribution in [-0.4, -0.2) is 33.7 Å². The van der Waals surface area contributed by atoms with Gasteiger partial charge in [0, 0.05) is 12.3 Å². The summed E-state index contributed by atoms with van der Waals surface area (Å²) < 4.78 is 0. The quantitative estimate of drug-likeness (QED) is 0.720. The van der Waals surface area contributed by atoms with E-state index in [1.54, 1.807) is 13.0 Å². The lowest BCUT2D eigenvalue weighted by Crippen LogP contribution is -2.38. The number of hydrogen-bond acceptors (Lipinski definition) is 4. The smallest absolute Gasteiger partial charge is 0.311 e. The fraction of sp³-hybridized carbons (Fsp3) is 0.600. The molecule has 4 unspecified atom stereocenters. The minimum absolute atomic E-state index is 0.119. The van der Waals surface area contributed by atoms with Gasteiger partial charge < -0.3 is 15.0 Å². The first kappa shape index (κ1) is 17.1. The third kappa shape index (κ3) is 4.00. The molecule has 116 valence electrons. The molecule has 1 aliphatic carbocycles. The van der Waals surface area contributed by atoms with Crippen LogP contribution in [0.3, 0.4) is 0 Å². The van der Waals surface area contributed by atoms with E-state index >= 15 is 0 Å². The molecule has 0 aromatic rings. The summed E-state index contributed by atoms with van der Waals surface area (Å²) >= 11 is 0. The summed E-state index contributed by atoms with van der Waals surface area (Å²) in [5, 5.41) is 18.5. The molecule has 0 saturated carbocycles. The molecule has 0 spiro atoms. The van der Waals surface area contributed by atoms with Crippen LogP contribution in [0.15, 0.2) is 11.6 Å². The average molecular weight is 296 g/mol. The molecule has 0 aliphatic heterocycles. The number of carboxylic acids is 2. The normalized spacial score (nSPS) is 26.6. The maximum atomic E-state index is 11.7. The van der Waals surface area contributed by atoms with Gasteiger partial charge in [0.1, 0.15) is 11.6 Å². The van der Waals surface area contributed by atoms with Gasteiger partial charge in [-0.15, -0.1) is 0 Å². The molecule has 0 fully saturated rings. The van der Waals surface area contributed by atoms with Crippen LogP contribution in [0.4, 0.5) is 0 Å². The molecule has 1 rings (SSSR count). The SMILES string of the molecule is CC(=O)CC(C(=O)O)C1C=C(C)C(C(=O)O)C(C(C)=O)C1. The Morgan fingerprint density at radius 1 is 1.24 bits per heavy atom. The molecule has 0 aromatic carbocycles. The second-order valence-electron chi connectivity index (χ2n) is 5.69. The highest BCUT2D eigenvalue weighted by molar-refractivity contribution is 5.87. The monoisotopic (exact) mass is 296 g/mol. The van der Waals surface area contributed by atoms with E-state index < -0.39 is 35.6 Å². The Morgan fingerprint density at radius 2 is 1.81 bits per heavy atom. The second kappa shape index (κ2) is 6.65. The molecular weight excluding hydrogens is 276 g/mol. The zero-order valence-corrected chi connectivity index (χ0v) is 12.3. The van der Waals surface area contributed by atoms with Crippen molar-refractivity contribution < 1.29 is 29.4 Å². The largest absolute Gasteiger partial charge is 0.481 e. The van der Waals surface area contributed by atoms with E-state index in [2.05, 4.69) is 0 Å². The summed E-state index contributed by atoms with van der Waals surface area (Å²) in [6.07, 6.45) is 1.62. The van der Waals surface area contributed by atoms with E-state index in [0.29, 0.717) is 5.57 Å². The molecule has 6 heteroatoms. The van der Waals surface area contributed by atoms with Crippen molar-refractivity contribution in [2.75, 3.05) is 0 Å². The minimum atomic E-state index is -1.10. The first-order valence-corrected chi connectivity index (χ1v) is 6.79. The predicted octanol–water partition coefficient (Wildman–Crippen LogP) is 1.54. The summed E-state index contributed by atoms with van der Waals surface area (Å²) in [6, 6.07) is 0. The van der Waals surface area contributed by atoms with Gasteiger partial charge in [0.05, 0.1) is 11.8 Å². The van der Waals surface area contributed by atoms with Crippen LogP contribution in [0.5, 0.6) is 0 Å². The number of carboxylic acid groups (broad SMARTS) is 2. The summed E-state index contributed by atoms with van der Waals surface area (Å²) in [5.41, 5.74) is 0.480. The zero-order valence-electron chi connectivity index (χ0n) is 12.3. The Hall–Kier alpha value is -1.98. The summed E-state index contributed by atoms with van der Waals surface area (Å²) in [4.78, 5) is 45.6. The number of carbonyl (C=O) groups is 4. The van der Waals surface area contributed by atoms with Gasteiger partial charge in [-0.1, -0.05) is 11.6 Å². The summed E-state index contributed by atoms with van der Waals surface area (Å²) in [6.45, 7) is 4.22. The second-order valence-corrected chi connectivity index (χ2v) is 5.69. The molecule has 1 aliphatic rings. The van der Waals surface area contributed by atoms with E-state index in [1.165, 1.54) is 13.8 Å². The fourth-order valence-electron chi connectivity index (χ4n) is 3.04. The third-order valence-corrected chi connectivity index (χ3v) is 4.03. The molecule has 4 atom stereocenters. The maximum absolute atomic E-state index is 11.7. The Morgan fingerprint density at radius 3 is 2.19 bits per heavy atom. The van der Waals surface area contributed by atoms with Crippen molar-refractivity contribution in [2.24, 2.45) is 23.7 Å². The van der Waals surface area contributed by atoms with Gasteiger partial charge in [0.15, 0.2) is 0 Å².